The lowest BCUT2D eigenvalue weighted by atomic mass is 10.2. The first-order chi connectivity index (χ1) is 10.1. The van der Waals surface area contributed by atoms with E-state index in [1.54, 1.807) is 31.2 Å². The molecule has 0 saturated carbocycles. The molecule has 3 aromatic rings. The Morgan fingerprint density at radius 2 is 2.10 bits per heavy atom. The van der Waals surface area contributed by atoms with Crippen molar-refractivity contribution >= 4 is 39.6 Å². The number of nitrogens with zero attached hydrogens (tertiary/aromatic N) is 1. The molecule has 0 spiro atoms. The fraction of sp³-hybridized carbons (Fsp3) is 0.133. The van der Waals surface area contributed by atoms with E-state index >= 15 is 0 Å². The van der Waals surface area contributed by atoms with E-state index in [-0.39, 0.29) is 33.9 Å². The van der Waals surface area contributed by atoms with E-state index in [2.05, 4.69) is 4.98 Å². The summed E-state index contributed by atoms with van der Waals surface area (Å²) < 4.78 is 10.5. The summed E-state index contributed by atoms with van der Waals surface area (Å²) in [5.41, 5.74) is 0.500. The Labute approximate surface area is 124 Å². The Morgan fingerprint density at radius 3 is 2.86 bits per heavy atom. The van der Waals surface area contributed by atoms with Gasteiger partial charge in [-0.15, -0.1) is 0 Å². The van der Waals surface area contributed by atoms with Gasteiger partial charge in [0.2, 0.25) is 5.43 Å². The average molecular weight is 304 g/mol. The standard InChI is InChI=1S/C15H10ClNO4/c1-2-20-15(19)9-7-11-12(17-14(9)16)13(18)8-5-3-4-6-10(8)21-11/h3-7H,2H2,1H3. The summed E-state index contributed by atoms with van der Waals surface area (Å²) >= 11 is 5.96. The Balaban J connectivity index is 2.34. The third-order valence-electron chi connectivity index (χ3n) is 3.00. The molecular weight excluding hydrogens is 294 g/mol. The maximum Gasteiger partial charge on any atom is 0.341 e. The van der Waals surface area contributed by atoms with Gasteiger partial charge in [-0.25, -0.2) is 9.78 Å². The first kappa shape index (κ1) is 13.6. The van der Waals surface area contributed by atoms with Crippen LogP contribution in [0.25, 0.3) is 22.1 Å². The Bertz CT molecular complexity index is 917. The maximum atomic E-state index is 12.3. The summed E-state index contributed by atoms with van der Waals surface area (Å²) in [4.78, 5) is 28.1. The molecule has 0 aliphatic rings. The quantitative estimate of drug-likeness (QED) is 0.413. The molecule has 0 N–H and O–H groups in total. The van der Waals surface area contributed by atoms with Crippen LogP contribution in [0.5, 0.6) is 0 Å². The number of rotatable bonds is 2. The van der Waals surface area contributed by atoms with Gasteiger partial charge in [0, 0.05) is 6.07 Å². The Morgan fingerprint density at radius 1 is 1.33 bits per heavy atom. The van der Waals surface area contributed by atoms with E-state index in [0.717, 1.165) is 0 Å². The third-order valence-corrected chi connectivity index (χ3v) is 3.29. The highest BCUT2D eigenvalue weighted by Crippen LogP contribution is 2.22. The molecule has 6 heteroatoms. The number of carbonyl (C=O) groups excluding carboxylic acids is 1. The minimum absolute atomic E-state index is 0.0736. The Kier molecular flexibility index (Phi) is 3.35. The van der Waals surface area contributed by atoms with E-state index in [1.165, 1.54) is 6.07 Å². The second-order valence-electron chi connectivity index (χ2n) is 4.32. The molecule has 0 fully saturated rings. The van der Waals surface area contributed by atoms with Crippen LogP contribution in [0.2, 0.25) is 5.15 Å². The van der Waals surface area contributed by atoms with Crippen LogP contribution in [0, 0.1) is 0 Å². The summed E-state index contributed by atoms with van der Waals surface area (Å²) in [6.07, 6.45) is 0. The topological polar surface area (TPSA) is 69.4 Å². The van der Waals surface area contributed by atoms with Crippen molar-refractivity contribution in [3.05, 3.63) is 51.3 Å². The highest BCUT2D eigenvalue weighted by atomic mass is 35.5. The lowest BCUT2D eigenvalue weighted by Gasteiger charge is -2.05. The SMILES string of the molecule is CCOC(=O)c1cc2oc3ccccc3c(=O)c2nc1Cl. The monoisotopic (exact) mass is 303 g/mol. The van der Waals surface area contributed by atoms with Crippen molar-refractivity contribution in [2.24, 2.45) is 0 Å². The van der Waals surface area contributed by atoms with Crippen LogP contribution in [-0.2, 0) is 4.74 Å². The van der Waals surface area contributed by atoms with Crippen molar-refractivity contribution in [2.75, 3.05) is 6.61 Å². The lowest BCUT2D eigenvalue weighted by Crippen LogP contribution is -2.09. The summed E-state index contributed by atoms with van der Waals surface area (Å²) in [5, 5.41) is 0.334. The molecule has 106 valence electrons. The maximum absolute atomic E-state index is 12.3. The molecule has 2 aromatic heterocycles. The highest BCUT2D eigenvalue weighted by Gasteiger charge is 2.17. The number of hydrogen-bond acceptors (Lipinski definition) is 5. The van der Waals surface area contributed by atoms with Crippen molar-refractivity contribution in [1.82, 2.24) is 4.98 Å². The van der Waals surface area contributed by atoms with Gasteiger partial charge in [0.1, 0.15) is 16.3 Å². The molecule has 2 heterocycles. The fourth-order valence-corrected chi connectivity index (χ4v) is 2.27. The van der Waals surface area contributed by atoms with Crippen molar-refractivity contribution in [3.8, 4) is 0 Å². The van der Waals surface area contributed by atoms with Crippen LogP contribution in [0.1, 0.15) is 17.3 Å². The van der Waals surface area contributed by atoms with E-state index in [0.29, 0.717) is 11.0 Å². The molecule has 0 unspecified atom stereocenters. The number of aromatic nitrogens is 1. The molecule has 0 radical (unpaired) electrons. The first-order valence-electron chi connectivity index (χ1n) is 6.31. The van der Waals surface area contributed by atoms with Gasteiger partial charge in [-0.3, -0.25) is 4.79 Å². The number of carbonyl (C=O) groups is 1. The van der Waals surface area contributed by atoms with E-state index in [9.17, 15) is 9.59 Å². The van der Waals surface area contributed by atoms with E-state index in [4.69, 9.17) is 20.8 Å². The lowest BCUT2D eigenvalue weighted by molar-refractivity contribution is 0.0526. The number of hydrogen-bond donors (Lipinski definition) is 0. The van der Waals surface area contributed by atoms with Gasteiger partial charge in [0.05, 0.1) is 12.0 Å². The second-order valence-corrected chi connectivity index (χ2v) is 4.68. The smallest absolute Gasteiger partial charge is 0.341 e. The first-order valence-corrected chi connectivity index (χ1v) is 6.69. The number of halogens is 1. The number of benzene rings is 1. The molecule has 5 nitrogen and oxygen atoms in total. The molecule has 0 saturated heterocycles. The minimum Gasteiger partial charge on any atom is -0.462 e. The number of fused-ring (bicyclic) bond motifs is 2. The van der Waals surface area contributed by atoms with Crippen molar-refractivity contribution in [1.29, 1.82) is 0 Å². The van der Waals surface area contributed by atoms with Crippen LogP contribution in [0.15, 0.2) is 39.5 Å². The van der Waals surface area contributed by atoms with Gasteiger partial charge in [0.15, 0.2) is 11.1 Å². The number of para-hydroxylation sites is 1. The molecule has 0 atom stereocenters. The number of pyridine rings is 1. The third kappa shape index (κ3) is 2.25. The Hall–Kier alpha value is -2.40. The molecule has 21 heavy (non-hydrogen) atoms. The zero-order chi connectivity index (χ0) is 15.0. The van der Waals surface area contributed by atoms with Crippen LogP contribution in [0.4, 0.5) is 0 Å². The van der Waals surface area contributed by atoms with Crippen molar-refractivity contribution < 1.29 is 13.9 Å². The van der Waals surface area contributed by atoms with Crippen LogP contribution >= 0.6 is 11.6 Å². The number of esters is 1. The largest absolute Gasteiger partial charge is 0.462 e. The molecule has 1 aromatic carbocycles. The van der Waals surface area contributed by atoms with Crippen LogP contribution in [-0.4, -0.2) is 17.6 Å². The van der Waals surface area contributed by atoms with Crippen LogP contribution < -0.4 is 5.43 Å². The van der Waals surface area contributed by atoms with E-state index in [1.807, 2.05) is 0 Å². The molecule has 0 aliphatic heterocycles. The molecule has 0 amide bonds. The van der Waals surface area contributed by atoms with Crippen molar-refractivity contribution in [2.45, 2.75) is 6.92 Å². The van der Waals surface area contributed by atoms with Gasteiger partial charge in [0.25, 0.3) is 0 Å². The summed E-state index contributed by atoms with van der Waals surface area (Å²) in [6.45, 7) is 1.91. The minimum atomic E-state index is -0.604. The van der Waals surface area contributed by atoms with Gasteiger partial charge < -0.3 is 9.15 Å². The summed E-state index contributed by atoms with van der Waals surface area (Å²) in [6, 6.07) is 8.20. The second kappa shape index (κ2) is 5.18. The summed E-state index contributed by atoms with van der Waals surface area (Å²) in [7, 11) is 0. The molecule has 0 bridgehead atoms. The zero-order valence-corrected chi connectivity index (χ0v) is 11.8. The normalized spacial score (nSPS) is 11.0. The molecule has 3 rings (SSSR count). The predicted octanol–water partition coefficient (Wildman–Crippen LogP) is 3.17. The van der Waals surface area contributed by atoms with Gasteiger partial charge in [-0.1, -0.05) is 23.7 Å². The average Bonchev–Trinajstić information content (AvgIpc) is 2.48. The molecular formula is C15H10ClNO4. The molecule has 0 aliphatic carbocycles. The fourth-order valence-electron chi connectivity index (χ4n) is 2.05. The predicted molar refractivity (Wildman–Crippen MR) is 78.8 cm³/mol. The summed E-state index contributed by atoms with van der Waals surface area (Å²) in [5.74, 6) is -0.604. The van der Waals surface area contributed by atoms with Gasteiger partial charge in [-0.2, -0.15) is 0 Å². The van der Waals surface area contributed by atoms with Gasteiger partial charge >= 0.3 is 5.97 Å². The van der Waals surface area contributed by atoms with Gasteiger partial charge in [-0.05, 0) is 19.1 Å². The zero-order valence-electron chi connectivity index (χ0n) is 11.1. The van der Waals surface area contributed by atoms with Crippen molar-refractivity contribution in [3.63, 3.8) is 0 Å². The highest BCUT2D eigenvalue weighted by molar-refractivity contribution is 6.32. The number of ether oxygens (including phenoxy) is 1. The van der Waals surface area contributed by atoms with Crippen LogP contribution in [0.3, 0.4) is 0 Å². The van der Waals surface area contributed by atoms with E-state index < -0.39 is 5.97 Å².